The van der Waals surface area contributed by atoms with E-state index in [4.69, 9.17) is 17.0 Å². The number of nitrogens with two attached hydrogens (primary N) is 1. The summed E-state index contributed by atoms with van der Waals surface area (Å²) in [5.41, 5.74) is 2.40. The van der Waals surface area contributed by atoms with E-state index in [9.17, 15) is 0 Å². The Kier molecular flexibility index (Phi) is 3.79. The van der Waals surface area contributed by atoms with Crippen LogP contribution in [0.2, 0.25) is 0 Å². The monoisotopic (exact) mass is 248 g/mol. The second-order valence-corrected chi connectivity index (χ2v) is 4.01. The lowest BCUT2D eigenvalue weighted by Gasteiger charge is -2.16. The van der Waals surface area contributed by atoms with Gasteiger partial charge in [0.2, 0.25) is 11.9 Å². The van der Waals surface area contributed by atoms with Crippen LogP contribution in [0.4, 0.5) is 11.9 Å². The van der Waals surface area contributed by atoms with E-state index >= 15 is 0 Å². The van der Waals surface area contributed by atoms with Crippen LogP contribution < -0.4 is 20.9 Å². The summed E-state index contributed by atoms with van der Waals surface area (Å²) in [7, 11) is 0. The van der Waals surface area contributed by atoms with Crippen molar-refractivity contribution in [2.45, 2.75) is 25.9 Å². The molecule has 0 spiro atoms. The number of hydrogen-bond donors (Lipinski definition) is 2. The molecule has 0 aliphatic carbocycles. The van der Waals surface area contributed by atoms with E-state index in [1.807, 2.05) is 0 Å². The lowest BCUT2D eigenvalue weighted by atomic mass is 10.4. The summed E-state index contributed by atoms with van der Waals surface area (Å²) in [5, 5.41) is 0. The molecule has 7 heteroatoms. The van der Waals surface area contributed by atoms with Gasteiger partial charge in [-0.25, -0.2) is 5.84 Å². The zero-order valence-corrected chi connectivity index (χ0v) is 10.3. The zero-order valence-electron chi connectivity index (χ0n) is 10.3. The van der Waals surface area contributed by atoms with Gasteiger partial charge in [-0.1, -0.05) is 5.92 Å². The highest BCUT2D eigenvalue weighted by Gasteiger charge is 2.18. The largest absolute Gasteiger partial charge is 0.447 e. The average Bonchev–Trinajstić information content (AvgIpc) is 2.92. The molecule has 1 saturated heterocycles. The molecular weight excluding hydrogens is 232 g/mol. The van der Waals surface area contributed by atoms with Gasteiger partial charge in [-0.15, -0.1) is 6.42 Å². The molecule has 0 amide bonds. The Morgan fingerprint density at radius 3 is 2.72 bits per heavy atom. The van der Waals surface area contributed by atoms with Gasteiger partial charge in [-0.3, -0.25) is 5.43 Å². The Labute approximate surface area is 106 Å². The van der Waals surface area contributed by atoms with E-state index in [0.717, 1.165) is 25.9 Å². The summed E-state index contributed by atoms with van der Waals surface area (Å²) in [5.74, 6) is 8.62. The average molecular weight is 248 g/mol. The maximum Gasteiger partial charge on any atom is 0.324 e. The molecule has 1 atom stereocenters. The highest BCUT2D eigenvalue weighted by Crippen LogP contribution is 2.19. The first-order chi connectivity index (χ1) is 8.72. The van der Waals surface area contributed by atoms with Crippen LogP contribution >= 0.6 is 0 Å². The van der Waals surface area contributed by atoms with Gasteiger partial charge < -0.3 is 9.64 Å². The zero-order chi connectivity index (χ0) is 13.0. The maximum atomic E-state index is 5.39. The lowest BCUT2D eigenvalue weighted by molar-refractivity contribution is 0.256. The molecule has 1 fully saturated rings. The topological polar surface area (TPSA) is 89.2 Å². The lowest BCUT2D eigenvalue weighted by Crippen LogP contribution is -2.23. The first-order valence-electron chi connectivity index (χ1n) is 5.83. The molecule has 1 aromatic heterocycles. The van der Waals surface area contributed by atoms with Crippen molar-refractivity contribution < 1.29 is 4.74 Å². The van der Waals surface area contributed by atoms with E-state index in [0.29, 0.717) is 5.95 Å². The van der Waals surface area contributed by atoms with E-state index in [1.165, 1.54) is 0 Å². The van der Waals surface area contributed by atoms with Gasteiger partial charge in [-0.2, -0.15) is 15.0 Å². The van der Waals surface area contributed by atoms with Gasteiger partial charge in [0.15, 0.2) is 6.10 Å². The van der Waals surface area contributed by atoms with Gasteiger partial charge in [0.25, 0.3) is 0 Å². The summed E-state index contributed by atoms with van der Waals surface area (Å²) >= 11 is 0. The van der Waals surface area contributed by atoms with Crippen molar-refractivity contribution in [1.82, 2.24) is 15.0 Å². The predicted molar refractivity (Wildman–Crippen MR) is 68.0 cm³/mol. The Morgan fingerprint density at radius 2 is 2.11 bits per heavy atom. The molecule has 18 heavy (non-hydrogen) atoms. The van der Waals surface area contributed by atoms with Gasteiger partial charge >= 0.3 is 6.01 Å². The van der Waals surface area contributed by atoms with Crippen molar-refractivity contribution in [3.8, 4) is 18.4 Å². The summed E-state index contributed by atoms with van der Waals surface area (Å²) in [6.07, 6.45) is 7.12. The third-order valence-electron chi connectivity index (χ3n) is 2.64. The molecular formula is C11H16N6O. The van der Waals surface area contributed by atoms with Crippen LogP contribution in [0.15, 0.2) is 0 Å². The molecule has 1 unspecified atom stereocenters. The number of nitrogens with zero attached hydrogens (tertiary/aromatic N) is 4. The molecule has 3 N–H and O–H groups in total. The smallest absolute Gasteiger partial charge is 0.324 e. The summed E-state index contributed by atoms with van der Waals surface area (Å²) < 4.78 is 5.39. The fourth-order valence-corrected chi connectivity index (χ4v) is 1.71. The van der Waals surface area contributed by atoms with Crippen LogP contribution in [0, 0.1) is 12.3 Å². The van der Waals surface area contributed by atoms with Gasteiger partial charge in [0.05, 0.1) is 0 Å². The predicted octanol–water partition coefficient (Wildman–Crippen LogP) is 0.158. The van der Waals surface area contributed by atoms with Crippen LogP contribution in [-0.4, -0.2) is 34.1 Å². The molecule has 1 aliphatic heterocycles. The van der Waals surface area contributed by atoms with Crippen LogP contribution in [0.25, 0.3) is 0 Å². The molecule has 7 nitrogen and oxygen atoms in total. The van der Waals surface area contributed by atoms with Crippen molar-refractivity contribution in [3.63, 3.8) is 0 Å². The van der Waals surface area contributed by atoms with E-state index in [1.54, 1.807) is 6.92 Å². The minimum absolute atomic E-state index is 0.185. The van der Waals surface area contributed by atoms with Crippen LogP contribution in [0.3, 0.4) is 0 Å². The molecule has 0 bridgehead atoms. The molecule has 2 heterocycles. The molecule has 0 radical (unpaired) electrons. The molecule has 1 aliphatic rings. The Hall–Kier alpha value is -2.07. The van der Waals surface area contributed by atoms with Gasteiger partial charge in [0.1, 0.15) is 0 Å². The third-order valence-corrected chi connectivity index (χ3v) is 2.64. The SMILES string of the molecule is C#CC(C)Oc1nc(NN)nc(N2CCCC2)n1. The minimum Gasteiger partial charge on any atom is -0.447 e. The highest BCUT2D eigenvalue weighted by molar-refractivity contribution is 5.38. The number of hydrogen-bond acceptors (Lipinski definition) is 7. The van der Waals surface area contributed by atoms with E-state index < -0.39 is 6.10 Å². The molecule has 0 aromatic carbocycles. The number of nitrogens with one attached hydrogen (secondary N) is 1. The molecule has 0 saturated carbocycles. The second-order valence-electron chi connectivity index (χ2n) is 4.01. The fourth-order valence-electron chi connectivity index (χ4n) is 1.71. The Bertz CT molecular complexity index is 451. The number of terminal acetylenes is 1. The Balaban J connectivity index is 2.24. The number of aromatic nitrogens is 3. The normalized spacial score (nSPS) is 16.2. The summed E-state index contributed by atoms with van der Waals surface area (Å²) in [6, 6.07) is 0.185. The fraction of sp³-hybridized carbons (Fsp3) is 0.545. The summed E-state index contributed by atoms with van der Waals surface area (Å²) in [6.45, 7) is 3.60. The first kappa shape index (κ1) is 12.4. The van der Waals surface area contributed by atoms with Crippen molar-refractivity contribution in [3.05, 3.63) is 0 Å². The van der Waals surface area contributed by atoms with Crippen LogP contribution in [0.1, 0.15) is 19.8 Å². The van der Waals surface area contributed by atoms with E-state index in [-0.39, 0.29) is 12.0 Å². The van der Waals surface area contributed by atoms with E-state index in [2.05, 4.69) is 31.2 Å². The summed E-state index contributed by atoms with van der Waals surface area (Å²) in [4.78, 5) is 14.5. The standard InChI is InChI=1S/C11H16N6O/c1-3-8(2)18-11-14-9(16-12)13-10(15-11)17-6-4-5-7-17/h1,8H,4-7,12H2,2H3,(H,13,14,15,16). The molecule has 1 aromatic rings. The van der Waals surface area contributed by atoms with Gasteiger partial charge in [0, 0.05) is 13.1 Å². The van der Waals surface area contributed by atoms with Gasteiger partial charge in [-0.05, 0) is 19.8 Å². The Morgan fingerprint density at radius 1 is 1.39 bits per heavy atom. The number of anilines is 2. The maximum absolute atomic E-state index is 5.39. The first-order valence-corrected chi connectivity index (χ1v) is 5.83. The number of hydrazine groups is 1. The number of nitrogen functional groups attached to an aromatic ring is 1. The van der Waals surface area contributed by atoms with Crippen molar-refractivity contribution in [2.75, 3.05) is 23.4 Å². The molecule has 2 rings (SSSR count). The number of ether oxygens (including phenoxy) is 1. The van der Waals surface area contributed by atoms with Crippen molar-refractivity contribution in [2.24, 2.45) is 5.84 Å². The highest BCUT2D eigenvalue weighted by atomic mass is 16.5. The van der Waals surface area contributed by atoms with Crippen molar-refractivity contribution >= 4 is 11.9 Å². The second kappa shape index (κ2) is 5.51. The quantitative estimate of drug-likeness (QED) is 0.445. The van der Waals surface area contributed by atoms with Crippen LogP contribution in [0.5, 0.6) is 6.01 Å². The number of rotatable bonds is 4. The minimum atomic E-state index is -0.399. The van der Waals surface area contributed by atoms with Crippen LogP contribution in [-0.2, 0) is 0 Å². The van der Waals surface area contributed by atoms with Crippen molar-refractivity contribution in [1.29, 1.82) is 0 Å². The third kappa shape index (κ3) is 2.78. The molecule has 96 valence electrons.